The molecule has 0 bridgehead atoms. The Labute approximate surface area is 118 Å². The summed E-state index contributed by atoms with van der Waals surface area (Å²) in [5.74, 6) is -0.00285. The van der Waals surface area contributed by atoms with Crippen molar-refractivity contribution in [2.45, 2.75) is 39.7 Å². The Morgan fingerprint density at radius 2 is 2.26 bits per heavy atom. The van der Waals surface area contributed by atoms with Crippen LogP contribution in [0, 0.1) is 12.3 Å². The number of carbonyl (C=O) groups excluding carboxylic acids is 1. The van der Waals surface area contributed by atoms with Crippen molar-refractivity contribution < 1.29 is 4.79 Å². The number of hydrogen-bond donors (Lipinski definition) is 2. The first-order valence-electron chi connectivity index (χ1n) is 6.57. The van der Waals surface area contributed by atoms with Gasteiger partial charge in [-0.2, -0.15) is 0 Å². The smallest absolute Gasteiger partial charge is 0.242 e. The molecule has 5 heteroatoms. The third-order valence-electron chi connectivity index (χ3n) is 3.70. The molecule has 0 aromatic carbocycles. The van der Waals surface area contributed by atoms with Crippen LogP contribution in [-0.2, 0) is 4.79 Å². The lowest BCUT2D eigenvalue weighted by Crippen LogP contribution is -2.53. The van der Waals surface area contributed by atoms with Crippen LogP contribution >= 0.6 is 11.6 Å². The van der Waals surface area contributed by atoms with Gasteiger partial charge in [0.2, 0.25) is 5.91 Å². The molecule has 2 N–H and O–H groups in total. The van der Waals surface area contributed by atoms with Crippen molar-refractivity contribution in [1.29, 1.82) is 0 Å². The number of carbonyl (C=O) groups is 1. The van der Waals surface area contributed by atoms with E-state index in [2.05, 4.69) is 29.5 Å². The van der Waals surface area contributed by atoms with E-state index >= 15 is 0 Å². The third kappa shape index (κ3) is 3.25. The number of aryl methyl sites for hydroxylation is 1. The number of halogens is 1. The van der Waals surface area contributed by atoms with Crippen molar-refractivity contribution >= 4 is 23.2 Å². The number of piperidine rings is 1. The van der Waals surface area contributed by atoms with E-state index in [1.807, 2.05) is 6.92 Å². The van der Waals surface area contributed by atoms with Crippen LogP contribution in [0.1, 0.15) is 32.4 Å². The third-order valence-corrected chi connectivity index (χ3v) is 3.91. The Morgan fingerprint density at radius 3 is 2.89 bits per heavy atom. The van der Waals surface area contributed by atoms with Gasteiger partial charge in [-0.25, -0.2) is 4.98 Å². The molecule has 4 nitrogen and oxygen atoms in total. The molecule has 1 aromatic rings. The molecule has 0 radical (unpaired) electrons. The highest BCUT2D eigenvalue weighted by Crippen LogP contribution is 2.31. The molecule has 19 heavy (non-hydrogen) atoms. The first-order valence-corrected chi connectivity index (χ1v) is 6.95. The van der Waals surface area contributed by atoms with E-state index in [0.29, 0.717) is 5.15 Å². The normalized spacial score (nSPS) is 22.0. The van der Waals surface area contributed by atoms with Crippen molar-refractivity contribution in [1.82, 2.24) is 10.3 Å². The maximum Gasteiger partial charge on any atom is 0.242 e. The second kappa shape index (κ2) is 5.47. The number of amides is 1. The second-order valence-electron chi connectivity index (χ2n) is 5.74. The van der Waals surface area contributed by atoms with Crippen LogP contribution in [0.4, 0.5) is 5.69 Å². The quantitative estimate of drug-likeness (QED) is 0.820. The summed E-state index contributed by atoms with van der Waals surface area (Å²) in [7, 11) is 0. The van der Waals surface area contributed by atoms with Gasteiger partial charge in [-0.05, 0) is 43.9 Å². The molecule has 1 unspecified atom stereocenters. The van der Waals surface area contributed by atoms with Crippen molar-refractivity contribution in [3.05, 3.63) is 23.0 Å². The minimum absolute atomic E-state index is 0.00285. The Morgan fingerprint density at radius 1 is 1.53 bits per heavy atom. The molecule has 0 aliphatic carbocycles. The van der Waals surface area contributed by atoms with Crippen LogP contribution in [0.5, 0.6) is 0 Å². The lowest BCUT2D eigenvalue weighted by atomic mass is 9.77. The van der Waals surface area contributed by atoms with E-state index in [1.54, 1.807) is 12.1 Å². The standard InChI is InChI=1S/C14H20ClN3O/c1-9-10(5-6-11(15)17-9)18-13(19)12-14(2,3)7-4-8-16-12/h5-6,12,16H,4,7-8H2,1-3H3,(H,18,19). The van der Waals surface area contributed by atoms with Crippen LogP contribution < -0.4 is 10.6 Å². The van der Waals surface area contributed by atoms with Crippen LogP contribution in [0.2, 0.25) is 5.15 Å². The highest BCUT2D eigenvalue weighted by Gasteiger charge is 2.37. The summed E-state index contributed by atoms with van der Waals surface area (Å²) in [5.41, 5.74) is 1.42. The summed E-state index contributed by atoms with van der Waals surface area (Å²) in [4.78, 5) is 16.5. The first-order chi connectivity index (χ1) is 8.90. The number of aromatic nitrogens is 1. The van der Waals surface area contributed by atoms with Gasteiger partial charge in [-0.3, -0.25) is 4.79 Å². The van der Waals surface area contributed by atoms with E-state index in [4.69, 9.17) is 11.6 Å². The monoisotopic (exact) mass is 281 g/mol. The fourth-order valence-corrected chi connectivity index (χ4v) is 2.72. The fourth-order valence-electron chi connectivity index (χ4n) is 2.53. The van der Waals surface area contributed by atoms with Gasteiger partial charge in [0, 0.05) is 0 Å². The summed E-state index contributed by atoms with van der Waals surface area (Å²) in [6, 6.07) is 3.30. The van der Waals surface area contributed by atoms with E-state index in [-0.39, 0.29) is 17.4 Å². The minimum atomic E-state index is -0.170. The molecule has 1 aromatic heterocycles. The van der Waals surface area contributed by atoms with Crippen molar-refractivity contribution in [3.8, 4) is 0 Å². The molecule has 1 aliphatic heterocycles. The highest BCUT2D eigenvalue weighted by molar-refractivity contribution is 6.29. The van der Waals surface area contributed by atoms with E-state index in [0.717, 1.165) is 30.8 Å². The maximum absolute atomic E-state index is 12.4. The Hall–Kier alpha value is -1.13. The molecule has 2 rings (SSSR count). The van der Waals surface area contributed by atoms with Gasteiger partial charge in [-0.15, -0.1) is 0 Å². The highest BCUT2D eigenvalue weighted by atomic mass is 35.5. The van der Waals surface area contributed by atoms with Gasteiger partial charge in [-0.1, -0.05) is 25.4 Å². The molecule has 104 valence electrons. The molecule has 0 saturated carbocycles. The van der Waals surface area contributed by atoms with Gasteiger partial charge < -0.3 is 10.6 Å². The average molecular weight is 282 g/mol. The van der Waals surface area contributed by atoms with Crippen molar-refractivity contribution in [2.24, 2.45) is 5.41 Å². The molecule has 0 spiro atoms. The molecule has 1 aliphatic rings. The van der Waals surface area contributed by atoms with Gasteiger partial charge in [0.1, 0.15) is 5.15 Å². The Bertz CT molecular complexity index is 488. The van der Waals surface area contributed by atoms with Crippen LogP contribution in [-0.4, -0.2) is 23.5 Å². The fraction of sp³-hybridized carbons (Fsp3) is 0.571. The molecule has 2 heterocycles. The van der Waals surface area contributed by atoms with Gasteiger partial charge in [0.05, 0.1) is 17.4 Å². The minimum Gasteiger partial charge on any atom is -0.323 e. The number of nitrogens with zero attached hydrogens (tertiary/aromatic N) is 1. The topological polar surface area (TPSA) is 54.0 Å². The maximum atomic E-state index is 12.4. The van der Waals surface area contributed by atoms with Crippen molar-refractivity contribution in [3.63, 3.8) is 0 Å². The molecule has 1 amide bonds. The summed E-state index contributed by atoms with van der Waals surface area (Å²) in [6.45, 7) is 6.97. The zero-order chi connectivity index (χ0) is 14.0. The zero-order valence-corrected chi connectivity index (χ0v) is 12.3. The predicted octanol–water partition coefficient (Wildman–Crippen LogP) is 2.76. The number of rotatable bonds is 2. The molecular formula is C14H20ClN3O. The molecule has 1 saturated heterocycles. The Kier molecular flexibility index (Phi) is 4.11. The summed E-state index contributed by atoms with van der Waals surface area (Å²) in [6.07, 6.45) is 2.16. The van der Waals surface area contributed by atoms with Crippen LogP contribution in [0.25, 0.3) is 0 Å². The average Bonchev–Trinajstić information content (AvgIpc) is 2.32. The summed E-state index contributed by atoms with van der Waals surface area (Å²) >= 11 is 5.81. The summed E-state index contributed by atoms with van der Waals surface area (Å²) < 4.78 is 0. The first kappa shape index (κ1) is 14.3. The molecular weight excluding hydrogens is 262 g/mol. The lowest BCUT2D eigenvalue weighted by Gasteiger charge is -2.38. The number of nitrogens with one attached hydrogen (secondary N) is 2. The van der Waals surface area contributed by atoms with Crippen LogP contribution in [0.3, 0.4) is 0 Å². The second-order valence-corrected chi connectivity index (χ2v) is 6.12. The van der Waals surface area contributed by atoms with E-state index in [1.165, 1.54) is 0 Å². The van der Waals surface area contributed by atoms with Crippen LogP contribution in [0.15, 0.2) is 12.1 Å². The SMILES string of the molecule is Cc1nc(Cl)ccc1NC(=O)C1NCCCC1(C)C. The molecule has 1 atom stereocenters. The van der Waals surface area contributed by atoms with Gasteiger partial charge in [0.15, 0.2) is 0 Å². The predicted molar refractivity (Wildman–Crippen MR) is 77.4 cm³/mol. The number of hydrogen-bond acceptors (Lipinski definition) is 3. The zero-order valence-electron chi connectivity index (χ0n) is 11.6. The van der Waals surface area contributed by atoms with Gasteiger partial charge >= 0.3 is 0 Å². The van der Waals surface area contributed by atoms with E-state index < -0.39 is 0 Å². The largest absolute Gasteiger partial charge is 0.323 e. The summed E-state index contributed by atoms with van der Waals surface area (Å²) in [5, 5.41) is 6.68. The lowest BCUT2D eigenvalue weighted by molar-refractivity contribution is -0.121. The van der Waals surface area contributed by atoms with E-state index in [9.17, 15) is 4.79 Å². The van der Waals surface area contributed by atoms with Crippen molar-refractivity contribution in [2.75, 3.05) is 11.9 Å². The molecule has 1 fully saturated rings. The number of anilines is 1. The van der Waals surface area contributed by atoms with Gasteiger partial charge in [0.25, 0.3) is 0 Å². The Balaban J connectivity index is 2.12. The number of pyridine rings is 1.